The zero-order chi connectivity index (χ0) is 13.2. The van der Waals surface area contributed by atoms with E-state index in [9.17, 15) is 4.79 Å². The van der Waals surface area contributed by atoms with Gasteiger partial charge in [0.15, 0.2) is 11.3 Å². The molecule has 94 valence electrons. The van der Waals surface area contributed by atoms with E-state index in [-0.39, 0.29) is 11.2 Å². The van der Waals surface area contributed by atoms with E-state index in [1.165, 1.54) is 10.7 Å². The Hall–Kier alpha value is -2.76. The molecule has 0 saturated heterocycles. The SMILES string of the molecule is Cc1ccccc1N=Nc1cnc2cc[nH]n2c1=O. The number of azo groups is 1. The number of hydrogen-bond acceptors (Lipinski definition) is 4. The maximum absolute atomic E-state index is 12.0. The lowest BCUT2D eigenvalue weighted by atomic mass is 10.2. The van der Waals surface area contributed by atoms with Crippen LogP contribution in [0.15, 0.2) is 57.7 Å². The first-order valence-corrected chi connectivity index (χ1v) is 5.78. The van der Waals surface area contributed by atoms with Gasteiger partial charge >= 0.3 is 0 Å². The number of rotatable bonds is 2. The summed E-state index contributed by atoms with van der Waals surface area (Å²) < 4.78 is 1.33. The number of aromatic nitrogens is 3. The van der Waals surface area contributed by atoms with Crippen LogP contribution >= 0.6 is 0 Å². The molecule has 0 bridgehead atoms. The van der Waals surface area contributed by atoms with Crippen molar-refractivity contribution in [3.63, 3.8) is 0 Å². The molecule has 0 amide bonds. The maximum atomic E-state index is 12.0. The first-order chi connectivity index (χ1) is 9.25. The van der Waals surface area contributed by atoms with Crippen LogP contribution in [-0.2, 0) is 0 Å². The van der Waals surface area contributed by atoms with Gasteiger partial charge in [-0.25, -0.2) is 4.98 Å². The van der Waals surface area contributed by atoms with Crippen molar-refractivity contribution >= 4 is 17.0 Å². The zero-order valence-electron chi connectivity index (χ0n) is 10.2. The molecule has 0 aliphatic carbocycles. The van der Waals surface area contributed by atoms with Crippen molar-refractivity contribution in [2.45, 2.75) is 6.92 Å². The van der Waals surface area contributed by atoms with Crippen LogP contribution in [0.5, 0.6) is 0 Å². The molecule has 0 aliphatic rings. The molecular formula is C13H11N5O. The highest BCUT2D eigenvalue weighted by molar-refractivity contribution is 5.46. The monoisotopic (exact) mass is 253 g/mol. The number of fused-ring (bicyclic) bond motifs is 1. The van der Waals surface area contributed by atoms with Gasteiger partial charge < -0.3 is 0 Å². The quantitative estimate of drug-likeness (QED) is 0.713. The molecule has 2 heterocycles. The molecule has 3 aromatic rings. The predicted molar refractivity (Wildman–Crippen MR) is 71.2 cm³/mol. The Balaban J connectivity index is 2.04. The van der Waals surface area contributed by atoms with E-state index in [1.807, 2.05) is 31.2 Å². The molecule has 1 N–H and O–H groups in total. The van der Waals surface area contributed by atoms with Gasteiger partial charge in [0.2, 0.25) is 0 Å². The highest BCUT2D eigenvalue weighted by Crippen LogP contribution is 2.19. The summed E-state index contributed by atoms with van der Waals surface area (Å²) in [4.78, 5) is 16.1. The van der Waals surface area contributed by atoms with E-state index in [4.69, 9.17) is 0 Å². The van der Waals surface area contributed by atoms with Gasteiger partial charge in [0.1, 0.15) is 0 Å². The van der Waals surface area contributed by atoms with Gasteiger partial charge in [-0.3, -0.25) is 9.89 Å². The van der Waals surface area contributed by atoms with Gasteiger partial charge in [-0.05, 0) is 18.6 Å². The second-order valence-corrected chi connectivity index (χ2v) is 4.09. The summed E-state index contributed by atoms with van der Waals surface area (Å²) in [7, 11) is 0. The molecule has 0 saturated carbocycles. The van der Waals surface area contributed by atoms with Crippen LogP contribution in [0.3, 0.4) is 0 Å². The highest BCUT2D eigenvalue weighted by atomic mass is 16.1. The Labute approximate surface area is 108 Å². The third-order valence-corrected chi connectivity index (χ3v) is 2.79. The van der Waals surface area contributed by atoms with Crippen LogP contribution < -0.4 is 5.56 Å². The summed E-state index contributed by atoms with van der Waals surface area (Å²) in [5, 5.41) is 10.8. The molecule has 1 aromatic carbocycles. The van der Waals surface area contributed by atoms with Gasteiger partial charge in [-0.1, -0.05) is 18.2 Å². The van der Waals surface area contributed by atoms with Crippen LogP contribution in [0.1, 0.15) is 5.56 Å². The Kier molecular flexibility index (Phi) is 2.68. The van der Waals surface area contributed by atoms with Crippen LogP contribution in [0.4, 0.5) is 11.4 Å². The first-order valence-electron chi connectivity index (χ1n) is 5.78. The van der Waals surface area contributed by atoms with E-state index in [2.05, 4.69) is 20.3 Å². The van der Waals surface area contributed by atoms with E-state index in [0.29, 0.717) is 5.65 Å². The first kappa shape index (κ1) is 11.3. The van der Waals surface area contributed by atoms with Crippen molar-refractivity contribution in [2.75, 3.05) is 0 Å². The summed E-state index contributed by atoms with van der Waals surface area (Å²) >= 11 is 0. The van der Waals surface area contributed by atoms with Gasteiger partial charge in [-0.15, -0.1) is 5.11 Å². The molecule has 0 fully saturated rings. The Bertz CT molecular complexity index is 815. The van der Waals surface area contributed by atoms with Crippen LogP contribution in [-0.4, -0.2) is 14.6 Å². The fraction of sp³-hybridized carbons (Fsp3) is 0.0769. The third-order valence-electron chi connectivity index (χ3n) is 2.79. The van der Waals surface area contributed by atoms with Gasteiger partial charge in [-0.2, -0.15) is 9.63 Å². The summed E-state index contributed by atoms with van der Waals surface area (Å²) in [6, 6.07) is 9.30. The van der Waals surface area contributed by atoms with Crippen molar-refractivity contribution in [1.29, 1.82) is 0 Å². The summed E-state index contributed by atoms with van der Waals surface area (Å²) in [5.41, 5.74) is 2.22. The number of H-pyrrole nitrogens is 1. The fourth-order valence-corrected chi connectivity index (χ4v) is 1.74. The molecule has 0 radical (unpaired) electrons. The molecule has 0 aliphatic heterocycles. The number of benzene rings is 1. The number of nitrogens with one attached hydrogen (secondary N) is 1. The average molecular weight is 253 g/mol. The van der Waals surface area contributed by atoms with Crippen LogP contribution in [0.2, 0.25) is 0 Å². The van der Waals surface area contributed by atoms with Gasteiger partial charge in [0.25, 0.3) is 5.56 Å². The topological polar surface area (TPSA) is 74.9 Å². The predicted octanol–water partition coefficient (Wildman–Crippen LogP) is 2.75. The Morgan fingerprint density at radius 1 is 1.16 bits per heavy atom. The largest absolute Gasteiger partial charge is 0.300 e. The summed E-state index contributed by atoms with van der Waals surface area (Å²) in [6.07, 6.45) is 3.07. The zero-order valence-corrected chi connectivity index (χ0v) is 10.2. The number of aryl methyl sites for hydroxylation is 1. The normalized spacial score (nSPS) is 11.4. The van der Waals surface area contributed by atoms with Gasteiger partial charge in [0.05, 0.1) is 11.9 Å². The number of nitrogens with zero attached hydrogens (tertiary/aromatic N) is 4. The number of hydrogen-bond donors (Lipinski definition) is 1. The minimum atomic E-state index is -0.271. The smallest absolute Gasteiger partial charge is 0.297 e. The second-order valence-electron chi connectivity index (χ2n) is 4.09. The van der Waals surface area contributed by atoms with Crippen LogP contribution in [0, 0.1) is 6.92 Å². The summed E-state index contributed by atoms with van der Waals surface area (Å²) in [6.45, 7) is 1.94. The van der Waals surface area contributed by atoms with E-state index in [1.54, 1.807) is 12.3 Å². The molecule has 19 heavy (non-hydrogen) atoms. The van der Waals surface area contributed by atoms with E-state index >= 15 is 0 Å². The van der Waals surface area contributed by atoms with E-state index < -0.39 is 0 Å². The van der Waals surface area contributed by atoms with Crippen molar-refractivity contribution < 1.29 is 0 Å². The lowest BCUT2D eigenvalue weighted by molar-refractivity contribution is 0.894. The van der Waals surface area contributed by atoms with Crippen molar-refractivity contribution in [3.8, 4) is 0 Å². The fourth-order valence-electron chi connectivity index (χ4n) is 1.74. The summed E-state index contributed by atoms with van der Waals surface area (Å²) in [5.74, 6) is 0. The molecular weight excluding hydrogens is 242 g/mol. The molecule has 2 aromatic heterocycles. The molecule has 6 heteroatoms. The lowest BCUT2D eigenvalue weighted by Gasteiger charge is -1.97. The minimum Gasteiger partial charge on any atom is -0.297 e. The van der Waals surface area contributed by atoms with Gasteiger partial charge in [0, 0.05) is 12.3 Å². The minimum absolute atomic E-state index is 0.197. The lowest BCUT2D eigenvalue weighted by Crippen LogP contribution is -2.13. The van der Waals surface area contributed by atoms with Crippen molar-refractivity contribution in [3.05, 3.63) is 58.6 Å². The number of aromatic amines is 1. The Morgan fingerprint density at radius 2 is 1.95 bits per heavy atom. The highest BCUT2D eigenvalue weighted by Gasteiger charge is 2.04. The van der Waals surface area contributed by atoms with Crippen molar-refractivity contribution in [2.24, 2.45) is 10.2 Å². The molecule has 6 nitrogen and oxygen atoms in total. The standard InChI is InChI=1S/C13H11N5O/c1-9-4-2-3-5-10(9)16-17-11-8-14-12-6-7-15-18(12)13(11)19/h2-8,15H,1H3. The molecule has 0 unspecified atom stereocenters. The molecule has 3 rings (SSSR count). The van der Waals surface area contributed by atoms with E-state index in [0.717, 1.165) is 11.3 Å². The van der Waals surface area contributed by atoms with Crippen molar-refractivity contribution in [1.82, 2.24) is 14.6 Å². The Morgan fingerprint density at radius 3 is 2.79 bits per heavy atom. The van der Waals surface area contributed by atoms with Crippen LogP contribution in [0.25, 0.3) is 5.65 Å². The third kappa shape index (κ3) is 2.03. The maximum Gasteiger partial charge on any atom is 0.300 e. The second kappa shape index (κ2) is 4.49. The molecule has 0 atom stereocenters. The average Bonchev–Trinajstić information content (AvgIpc) is 2.89. The molecule has 0 spiro atoms.